The van der Waals surface area contributed by atoms with E-state index >= 15 is 0 Å². The van der Waals surface area contributed by atoms with Crippen LogP contribution in [-0.2, 0) is 14.3 Å². The summed E-state index contributed by atoms with van der Waals surface area (Å²) in [5.41, 5.74) is -0.478. The van der Waals surface area contributed by atoms with Gasteiger partial charge in [-0.05, 0) is 34.1 Å². The van der Waals surface area contributed by atoms with Gasteiger partial charge in [0.2, 0.25) is 0 Å². The van der Waals surface area contributed by atoms with Gasteiger partial charge in [-0.25, -0.2) is 4.79 Å². The lowest BCUT2D eigenvalue weighted by Crippen LogP contribution is -2.54. The van der Waals surface area contributed by atoms with E-state index in [-0.39, 0.29) is 12.1 Å². The summed E-state index contributed by atoms with van der Waals surface area (Å²) in [7, 11) is 0. The largest absolute Gasteiger partial charge is 0.444 e. The van der Waals surface area contributed by atoms with Crippen molar-refractivity contribution >= 4 is 12.4 Å². The van der Waals surface area contributed by atoms with Crippen molar-refractivity contribution in [2.75, 3.05) is 13.2 Å². The van der Waals surface area contributed by atoms with Gasteiger partial charge in [-0.3, -0.25) is 0 Å². The maximum atomic E-state index is 11.7. The first kappa shape index (κ1) is 14.0. The number of amides is 1. The summed E-state index contributed by atoms with van der Waals surface area (Å²) >= 11 is 0. The quantitative estimate of drug-likeness (QED) is 0.704. The average molecular weight is 243 g/mol. The summed E-state index contributed by atoms with van der Waals surface area (Å²) < 4.78 is 10.6. The van der Waals surface area contributed by atoms with Gasteiger partial charge < -0.3 is 19.2 Å². The van der Waals surface area contributed by atoms with Gasteiger partial charge in [0, 0.05) is 6.54 Å². The summed E-state index contributed by atoms with van der Waals surface area (Å²) in [6, 6.07) is 0.0345. The lowest BCUT2D eigenvalue weighted by molar-refractivity contribution is -0.119. The van der Waals surface area contributed by atoms with Crippen molar-refractivity contribution in [2.45, 2.75) is 51.9 Å². The minimum absolute atomic E-state index is 0.0345. The molecular formula is C12H21NO4. The molecule has 2 atom stereocenters. The summed E-state index contributed by atoms with van der Waals surface area (Å²) in [6.07, 6.45) is 0.911. The smallest absolute Gasteiger partial charge is 0.410 e. The molecule has 0 aromatic heterocycles. The SMILES string of the molecule is CC(C=O)OC[C@@H]1CCN1C(=O)OC(C)(C)C. The Kier molecular flexibility index (Phi) is 4.51. The first-order valence-electron chi connectivity index (χ1n) is 5.90. The number of aldehydes is 1. The number of carbonyl (C=O) groups excluding carboxylic acids is 2. The number of likely N-dealkylation sites (tertiary alicyclic amines) is 1. The minimum Gasteiger partial charge on any atom is -0.444 e. The molecule has 0 aliphatic carbocycles. The van der Waals surface area contributed by atoms with E-state index in [1.54, 1.807) is 11.8 Å². The molecule has 0 radical (unpaired) electrons. The molecule has 1 aliphatic heterocycles. The van der Waals surface area contributed by atoms with E-state index in [1.165, 1.54) is 0 Å². The van der Waals surface area contributed by atoms with Crippen molar-refractivity contribution in [1.82, 2.24) is 4.90 Å². The zero-order chi connectivity index (χ0) is 13.1. The summed E-state index contributed by atoms with van der Waals surface area (Å²) in [5.74, 6) is 0. The fraction of sp³-hybridized carbons (Fsp3) is 0.833. The normalized spacial score (nSPS) is 21.6. The van der Waals surface area contributed by atoms with Crippen molar-refractivity contribution in [3.05, 3.63) is 0 Å². The zero-order valence-electron chi connectivity index (χ0n) is 10.9. The molecule has 5 heteroatoms. The highest BCUT2D eigenvalue weighted by Gasteiger charge is 2.35. The Labute approximate surface area is 102 Å². The molecule has 98 valence electrons. The zero-order valence-corrected chi connectivity index (χ0v) is 10.9. The van der Waals surface area contributed by atoms with Crippen LogP contribution < -0.4 is 0 Å². The molecule has 0 bridgehead atoms. The molecule has 17 heavy (non-hydrogen) atoms. The average Bonchev–Trinajstić information content (AvgIpc) is 2.12. The maximum Gasteiger partial charge on any atom is 0.410 e. The number of hydrogen-bond acceptors (Lipinski definition) is 4. The predicted molar refractivity (Wildman–Crippen MR) is 62.8 cm³/mol. The second-order valence-corrected chi connectivity index (χ2v) is 5.29. The first-order valence-corrected chi connectivity index (χ1v) is 5.90. The molecular weight excluding hydrogens is 222 g/mol. The molecule has 1 fully saturated rings. The van der Waals surface area contributed by atoms with Crippen LogP contribution >= 0.6 is 0 Å². The van der Waals surface area contributed by atoms with E-state index in [9.17, 15) is 9.59 Å². The van der Waals surface area contributed by atoms with Crippen molar-refractivity contribution in [3.8, 4) is 0 Å². The molecule has 1 aliphatic rings. The molecule has 0 aromatic rings. The van der Waals surface area contributed by atoms with Crippen LogP contribution in [0.2, 0.25) is 0 Å². The number of carbonyl (C=O) groups is 2. The third-order valence-electron chi connectivity index (χ3n) is 2.52. The van der Waals surface area contributed by atoms with Gasteiger partial charge >= 0.3 is 6.09 Å². The lowest BCUT2D eigenvalue weighted by atomic mass is 10.1. The Hall–Kier alpha value is -1.10. The molecule has 1 saturated heterocycles. The van der Waals surface area contributed by atoms with Crippen LogP contribution in [0.1, 0.15) is 34.1 Å². The third kappa shape index (κ3) is 4.34. The second kappa shape index (κ2) is 5.49. The van der Waals surface area contributed by atoms with Crippen molar-refractivity contribution in [2.24, 2.45) is 0 Å². The van der Waals surface area contributed by atoms with Crippen molar-refractivity contribution in [3.63, 3.8) is 0 Å². The molecule has 0 spiro atoms. The van der Waals surface area contributed by atoms with E-state index in [1.807, 2.05) is 20.8 Å². The summed E-state index contributed by atoms with van der Waals surface area (Å²) in [6.45, 7) is 8.28. The predicted octanol–water partition coefficient (Wildman–Crippen LogP) is 1.60. The monoisotopic (exact) mass is 243 g/mol. The number of ether oxygens (including phenoxy) is 2. The molecule has 1 rings (SSSR count). The number of rotatable bonds is 4. The van der Waals surface area contributed by atoms with Crippen LogP contribution in [0.15, 0.2) is 0 Å². The minimum atomic E-state index is -0.478. The van der Waals surface area contributed by atoms with E-state index in [2.05, 4.69) is 0 Å². The van der Waals surface area contributed by atoms with Crippen LogP contribution in [-0.4, -0.2) is 48.2 Å². The number of nitrogens with zero attached hydrogens (tertiary/aromatic N) is 1. The van der Waals surface area contributed by atoms with Gasteiger partial charge in [-0.2, -0.15) is 0 Å². The van der Waals surface area contributed by atoms with Gasteiger partial charge in [-0.1, -0.05) is 0 Å². The Balaban J connectivity index is 2.35. The van der Waals surface area contributed by atoms with E-state index in [0.717, 1.165) is 12.7 Å². The van der Waals surface area contributed by atoms with Crippen LogP contribution in [0, 0.1) is 0 Å². The highest BCUT2D eigenvalue weighted by Crippen LogP contribution is 2.21. The fourth-order valence-electron chi connectivity index (χ4n) is 1.48. The Morgan fingerprint density at radius 2 is 2.18 bits per heavy atom. The van der Waals surface area contributed by atoms with Crippen LogP contribution in [0.3, 0.4) is 0 Å². The standard InChI is InChI=1S/C12H21NO4/c1-9(7-14)16-8-10-5-6-13(10)11(15)17-12(2,3)4/h7,9-10H,5-6,8H2,1-4H3/t9?,10-/m0/s1. The molecule has 1 heterocycles. The molecule has 0 aromatic carbocycles. The summed E-state index contributed by atoms with van der Waals surface area (Å²) in [4.78, 5) is 23.8. The summed E-state index contributed by atoms with van der Waals surface area (Å²) in [5, 5.41) is 0. The highest BCUT2D eigenvalue weighted by atomic mass is 16.6. The van der Waals surface area contributed by atoms with Gasteiger partial charge in [0.15, 0.2) is 0 Å². The Morgan fingerprint density at radius 3 is 2.59 bits per heavy atom. The van der Waals surface area contributed by atoms with E-state index in [4.69, 9.17) is 9.47 Å². The fourth-order valence-corrected chi connectivity index (χ4v) is 1.48. The molecule has 1 amide bonds. The molecule has 0 N–H and O–H groups in total. The van der Waals surface area contributed by atoms with Crippen molar-refractivity contribution in [1.29, 1.82) is 0 Å². The van der Waals surface area contributed by atoms with Crippen LogP contribution in [0.25, 0.3) is 0 Å². The molecule has 0 saturated carbocycles. The van der Waals surface area contributed by atoms with E-state index < -0.39 is 11.7 Å². The van der Waals surface area contributed by atoms with Gasteiger partial charge in [0.05, 0.1) is 12.6 Å². The molecule has 1 unspecified atom stereocenters. The van der Waals surface area contributed by atoms with Crippen LogP contribution in [0.4, 0.5) is 4.79 Å². The highest BCUT2D eigenvalue weighted by molar-refractivity contribution is 5.69. The van der Waals surface area contributed by atoms with Gasteiger partial charge in [-0.15, -0.1) is 0 Å². The van der Waals surface area contributed by atoms with Crippen LogP contribution in [0.5, 0.6) is 0 Å². The lowest BCUT2D eigenvalue weighted by Gasteiger charge is -2.41. The van der Waals surface area contributed by atoms with E-state index in [0.29, 0.717) is 13.2 Å². The van der Waals surface area contributed by atoms with Gasteiger partial charge in [0.25, 0.3) is 0 Å². The number of hydrogen-bond donors (Lipinski definition) is 0. The topological polar surface area (TPSA) is 55.8 Å². The Bertz CT molecular complexity index is 285. The van der Waals surface area contributed by atoms with Gasteiger partial charge in [0.1, 0.15) is 18.0 Å². The maximum absolute atomic E-state index is 11.7. The first-order chi connectivity index (χ1) is 7.83. The van der Waals surface area contributed by atoms with Crippen molar-refractivity contribution < 1.29 is 19.1 Å². The molecule has 5 nitrogen and oxygen atoms in total. The second-order valence-electron chi connectivity index (χ2n) is 5.29. The Morgan fingerprint density at radius 1 is 1.53 bits per heavy atom. The third-order valence-corrected chi connectivity index (χ3v) is 2.52.